The highest BCUT2D eigenvalue weighted by atomic mass is 16.4. The van der Waals surface area contributed by atoms with Crippen LogP contribution >= 0.6 is 0 Å². The van der Waals surface area contributed by atoms with E-state index in [0.29, 0.717) is 18.4 Å². The van der Waals surface area contributed by atoms with Crippen molar-refractivity contribution < 1.29 is 68.1 Å². The summed E-state index contributed by atoms with van der Waals surface area (Å²) in [7, 11) is 0. The molecule has 1 aliphatic rings. The topological polar surface area (TPSA) is 464 Å². The van der Waals surface area contributed by atoms with Gasteiger partial charge in [-0.05, 0) is 49.0 Å². The third-order valence-corrected chi connectivity index (χ3v) is 12.4. The van der Waals surface area contributed by atoms with Crippen molar-refractivity contribution >= 4 is 71.0 Å². The lowest BCUT2D eigenvalue weighted by Crippen LogP contribution is -2.61. The lowest BCUT2D eigenvalue weighted by molar-refractivity contribution is -0.143. The SMILES string of the molecule is CC[C@H](C)[C@H](NC(=O)[C@@H](NC(=O)[C@@H](NC(=O)[C@@H]1CCCN1C(=O)CNC(=O)[C@H](Cc1ccccc1)NC(=O)[C@H](CO)NC(=O)[C@H](CO)NC(=O)[C@@H](N)CC(N)=O)C(C)C)C(C)C)C(=O)N[C@@H](CCCN=C(N)N)C(=O)O. The number of nitrogens with one attached hydrogen (secondary N) is 8. The molecule has 1 fully saturated rings. The first-order valence-corrected chi connectivity index (χ1v) is 25.0. The van der Waals surface area contributed by atoms with Gasteiger partial charge >= 0.3 is 5.97 Å². The zero-order valence-corrected chi connectivity index (χ0v) is 43.8. The Labute approximate surface area is 440 Å². The first kappa shape index (κ1) is 64.7. The molecular formula is C48H78N14O14. The van der Waals surface area contributed by atoms with Crippen molar-refractivity contribution in [2.75, 3.05) is 32.8 Å². The second-order valence-electron chi connectivity index (χ2n) is 19.2. The summed E-state index contributed by atoms with van der Waals surface area (Å²) >= 11 is 0. The number of aliphatic imine (C=N–C) groups is 1. The van der Waals surface area contributed by atoms with Crippen LogP contribution in [0.4, 0.5) is 0 Å². The number of nitrogens with zero attached hydrogens (tertiary/aromatic N) is 2. The van der Waals surface area contributed by atoms with Crippen LogP contribution in [-0.2, 0) is 59.2 Å². The molecule has 1 saturated heterocycles. The molecule has 28 nitrogen and oxygen atoms in total. The van der Waals surface area contributed by atoms with Crippen LogP contribution in [0.15, 0.2) is 35.3 Å². The van der Waals surface area contributed by atoms with Crippen molar-refractivity contribution in [3.8, 4) is 0 Å². The number of guanidine groups is 1. The average molecular weight is 1080 g/mol. The maximum Gasteiger partial charge on any atom is 0.326 e. The highest BCUT2D eigenvalue weighted by Gasteiger charge is 2.39. The average Bonchev–Trinajstić information content (AvgIpc) is 3.87. The molecule has 0 bridgehead atoms. The number of benzene rings is 1. The molecule has 0 spiro atoms. The predicted molar refractivity (Wildman–Crippen MR) is 274 cm³/mol. The van der Waals surface area contributed by atoms with Gasteiger partial charge in [-0.2, -0.15) is 0 Å². The summed E-state index contributed by atoms with van der Waals surface area (Å²) in [4.78, 5) is 150. The van der Waals surface area contributed by atoms with Crippen LogP contribution in [0, 0.1) is 17.8 Å². The van der Waals surface area contributed by atoms with Gasteiger partial charge in [0.1, 0.15) is 48.3 Å². The maximum absolute atomic E-state index is 14.0. The third-order valence-electron chi connectivity index (χ3n) is 12.4. The van der Waals surface area contributed by atoms with Gasteiger partial charge in [0.25, 0.3) is 0 Å². The van der Waals surface area contributed by atoms with Gasteiger partial charge in [0, 0.05) is 19.5 Å². The second kappa shape index (κ2) is 32.1. The Morgan fingerprint density at radius 2 is 1.18 bits per heavy atom. The molecule has 0 unspecified atom stereocenters. The normalized spacial score (nSPS) is 16.7. The summed E-state index contributed by atoms with van der Waals surface area (Å²) in [6.45, 7) is 7.70. The van der Waals surface area contributed by atoms with Crippen molar-refractivity contribution in [2.45, 2.75) is 141 Å². The van der Waals surface area contributed by atoms with E-state index < -0.39 is 163 Å². The number of carbonyl (C=O) groups excluding carboxylic acids is 10. The zero-order valence-electron chi connectivity index (χ0n) is 43.8. The summed E-state index contributed by atoms with van der Waals surface area (Å²) in [5, 5.41) is 49.4. The lowest BCUT2D eigenvalue weighted by Gasteiger charge is -2.31. The number of carboxylic acids is 1. The van der Waals surface area contributed by atoms with E-state index in [1.165, 1.54) is 4.90 Å². The van der Waals surface area contributed by atoms with Gasteiger partial charge in [-0.15, -0.1) is 0 Å². The molecule has 0 radical (unpaired) electrons. The highest BCUT2D eigenvalue weighted by Crippen LogP contribution is 2.19. The molecule has 10 atom stereocenters. The number of carboxylic acid groups (broad SMARTS) is 1. The molecule has 424 valence electrons. The quantitative estimate of drug-likeness (QED) is 0.0182. The summed E-state index contributed by atoms with van der Waals surface area (Å²) in [5.41, 5.74) is 21.9. The zero-order chi connectivity index (χ0) is 57.4. The molecular weight excluding hydrogens is 997 g/mol. The summed E-state index contributed by atoms with van der Waals surface area (Å²) in [6.07, 6.45) is 0.503. The number of hydrogen-bond donors (Lipinski definition) is 15. The highest BCUT2D eigenvalue weighted by molar-refractivity contribution is 5.98. The van der Waals surface area contributed by atoms with E-state index in [1.807, 2.05) is 0 Å². The largest absolute Gasteiger partial charge is 0.480 e. The monoisotopic (exact) mass is 1070 g/mol. The van der Waals surface area contributed by atoms with Crippen LogP contribution in [0.1, 0.15) is 85.6 Å². The molecule has 1 aromatic rings. The number of nitrogens with two attached hydrogens (primary N) is 4. The number of primary amides is 1. The molecule has 28 heteroatoms. The van der Waals surface area contributed by atoms with Crippen molar-refractivity contribution in [2.24, 2.45) is 45.7 Å². The van der Waals surface area contributed by atoms with Crippen LogP contribution in [0.3, 0.4) is 0 Å². The fourth-order valence-corrected chi connectivity index (χ4v) is 7.84. The summed E-state index contributed by atoms with van der Waals surface area (Å²) in [5.74, 6) is -11.6. The van der Waals surface area contributed by atoms with Crippen LogP contribution in [-0.4, -0.2) is 178 Å². The first-order chi connectivity index (χ1) is 35.8. The maximum atomic E-state index is 14.0. The summed E-state index contributed by atoms with van der Waals surface area (Å²) in [6, 6.07) is -3.94. The van der Waals surface area contributed by atoms with Crippen molar-refractivity contribution in [1.29, 1.82) is 0 Å². The Kier molecular flexibility index (Phi) is 27.3. The van der Waals surface area contributed by atoms with E-state index in [1.54, 1.807) is 71.9 Å². The number of carbonyl (C=O) groups is 11. The number of aliphatic hydroxyl groups excluding tert-OH is 2. The molecule has 76 heavy (non-hydrogen) atoms. The van der Waals surface area contributed by atoms with E-state index in [2.05, 4.69) is 47.5 Å². The smallest absolute Gasteiger partial charge is 0.326 e. The molecule has 1 heterocycles. The number of likely N-dealkylation sites (tertiary alicyclic amines) is 1. The van der Waals surface area contributed by atoms with Crippen molar-refractivity contribution in [3.63, 3.8) is 0 Å². The number of aliphatic carboxylic acids is 1. The van der Waals surface area contributed by atoms with Crippen LogP contribution in [0.2, 0.25) is 0 Å². The van der Waals surface area contributed by atoms with Gasteiger partial charge in [-0.3, -0.25) is 52.9 Å². The lowest BCUT2D eigenvalue weighted by atomic mass is 9.95. The Balaban J connectivity index is 2.19. The minimum Gasteiger partial charge on any atom is -0.480 e. The fourth-order valence-electron chi connectivity index (χ4n) is 7.84. The van der Waals surface area contributed by atoms with Crippen LogP contribution in [0.25, 0.3) is 0 Å². The molecule has 0 saturated carbocycles. The molecule has 2 rings (SSSR count). The number of aliphatic hydroxyl groups is 2. The number of hydrogen-bond acceptors (Lipinski definition) is 15. The van der Waals surface area contributed by atoms with Gasteiger partial charge < -0.3 is 85.7 Å². The Morgan fingerprint density at radius 1 is 0.671 bits per heavy atom. The fraction of sp³-hybridized carbons (Fsp3) is 0.625. The van der Waals surface area contributed by atoms with Crippen molar-refractivity contribution in [1.82, 2.24) is 47.4 Å². The minimum absolute atomic E-state index is 0.00762. The van der Waals surface area contributed by atoms with E-state index in [4.69, 9.17) is 22.9 Å². The number of amides is 10. The Morgan fingerprint density at radius 3 is 1.70 bits per heavy atom. The van der Waals surface area contributed by atoms with Crippen LogP contribution < -0.4 is 65.5 Å². The van der Waals surface area contributed by atoms with Gasteiger partial charge in [0.2, 0.25) is 59.1 Å². The molecule has 1 aliphatic heterocycles. The summed E-state index contributed by atoms with van der Waals surface area (Å²) < 4.78 is 0. The molecule has 0 aliphatic carbocycles. The first-order valence-electron chi connectivity index (χ1n) is 25.0. The predicted octanol–water partition coefficient (Wildman–Crippen LogP) is -5.59. The van der Waals surface area contributed by atoms with Gasteiger partial charge in [-0.1, -0.05) is 78.3 Å². The van der Waals surface area contributed by atoms with E-state index in [-0.39, 0.29) is 44.7 Å². The molecule has 10 amide bonds. The minimum atomic E-state index is -1.72. The van der Waals surface area contributed by atoms with E-state index >= 15 is 0 Å². The van der Waals surface area contributed by atoms with Gasteiger partial charge in [0.05, 0.1) is 32.2 Å². The molecule has 19 N–H and O–H groups in total. The standard InChI is InChI=1S/C48H78N14O14/c1-7-26(6)38(46(74)55-29(47(75)76)15-11-17-53-48(51)52)61-45(73)37(25(4)5)60-44(72)36(24(2)3)59-43(71)33-16-12-18-62(33)35(66)21-54-40(68)30(19-27-13-9-8-10-14-27)56-41(69)32(23-64)58-42(70)31(22-63)57-39(67)28(49)20-34(50)65/h8-10,13-14,24-26,28-33,36-38,63-64H,7,11-12,15-23,49H2,1-6H3,(H2,50,65)(H,54,68)(H,55,74)(H,56,69)(H,57,67)(H,58,70)(H,59,71)(H,60,72)(H,61,73)(H,75,76)(H4,51,52,53)/t26-,28-,29-,30-,31-,32-,33-,36-,37-,38-/m0/s1. The van der Waals surface area contributed by atoms with E-state index in [9.17, 15) is 68.1 Å². The van der Waals surface area contributed by atoms with Crippen LogP contribution in [0.5, 0.6) is 0 Å². The second-order valence-corrected chi connectivity index (χ2v) is 19.2. The number of rotatable bonds is 32. The van der Waals surface area contributed by atoms with Crippen molar-refractivity contribution in [3.05, 3.63) is 35.9 Å². The third kappa shape index (κ3) is 21.0. The van der Waals surface area contributed by atoms with E-state index in [0.717, 1.165) is 0 Å². The molecule has 1 aromatic carbocycles. The Bertz CT molecular complexity index is 2210. The Hall–Kier alpha value is -7.46. The molecule has 0 aromatic heterocycles. The van der Waals surface area contributed by atoms with Gasteiger partial charge in [0.15, 0.2) is 5.96 Å². The van der Waals surface area contributed by atoms with Gasteiger partial charge in [-0.25, -0.2) is 4.79 Å².